The first-order valence-electron chi connectivity index (χ1n) is 6.64. The Morgan fingerprint density at radius 3 is 2.05 bits per heavy atom. The molecule has 0 saturated heterocycles. The zero-order valence-corrected chi connectivity index (χ0v) is 12.7. The molecule has 0 radical (unpaired) electrons. The number of urea groups is 1. The SMILES string of the molecule is CC(C)N(CCCC(=O)O)C(=O)N(C)CCN(C)C. The van der Waals surface area contributed by atoms with Gasteiger partial charge in [-0.3, -0.25) is 4.79 Å². The summed E-state index contributed by atoms with van der Waals surface area (Å²) in [5.41, 5.74) is 0. The fourth-order valence-corrected chi connectivity index (χ4v) is 1.64. The van der Waals surface area contributed by atoms with Crippen LogP contribution >= 0.6 is 0 Å². The molecular formula is C13H27N3O3. The van der Waals surface area contributed by atoms with Gasteiger partial charge in [0, 0.05) is 39.1 Å². The predicted octanol–water partition coefficient (Wildman–Crippen LogP) is 1.18. The third-order valence-corrected chi connectivity index (χ3v) is 2.87. The number of carbonyl (C=O) groups is 2. The van der Waals surface area contributed by atoms with Crippen molar-refractivity contribution in [2.24, 2.45) is 0 Å². The number of hydrogen-bond donors (Lipinski definition) is 1. The monoisotopic (exact) mass is 273 g/mol. The average molecular weight is 273 g/mol. The van der Waals surface area contributed by atoms with Gasteiger partial charge in [0.05, 0.1) is 0 Å². The number of rotatable bonds is 8. The maximum absolute atomic E-state index is 12.3. The Morgan fingerprint density at radius 2 is 1.63 bits per heavy atom. The summed E-state index contributed by atoms with van der Waals surface area (Å²) in [6.45, 7) is 5.84. The van der Waals surface area contributed by atoms with Gasteiger partial charge in [0.25, 0.3) is 0 Å². The van der Waals surface area contributed by atoms with E-state index in [4.69, 9.17) is 5.11 Å². The lowest BCUT2D eigenvalue weighted by Gasteiger charge is -2.31. The van der Waals surface area contributed by atoms with Crippen molar-refractivity contribution in [1.29, 1.82) is 0 Å². The fourth-order valence-electron chi connectivity index (χ4n) is 1.64. The maximum atomic E-state index is 12.3. The van der Waals surface area contributed by atoms with Gasteiger partial charge < -0.3 is 19.8 Å². The Kier molecular flexibility index (Phi) is 8.14. The largest absolute Gasteiger partial charge is 0.481 e. The molecule has 0 aliphatic rings. The van der Waals surface area contributed by atoms with Crippen molar-refractivity contribution >= 4 is 12.0 Å². The summed E-state index contributed by atoms with van der Waals surface area (Å²) in [5, 5.41) is 8.64. The molecule has 0 heterocycles. The molecule has 0 aromatic carbocycles. The second kappa shape index (κ2) is 8.74. The molecule has 112 valence electrons. The molecule has 2 amide bonds. The highest BCUT2D eigenvalue weighted by molar-refractivity contribution is 5.74. The number of aliphatic carboxylic acids is 1. The Hall–Kier alpha value is -1.30. The van der Waals surface area contributed by atoms with Crippen LogP contribution in [0.2, 0.25) is 0 Å². The minimum atomic E-state index is -0.822. The zero-order valence-electron chi connectivity index (χ0n) is 12.7. The molecule has 0 rings (SSSR count). The van der Waals surface area contributed by atoms with E-state index < -0.39 is 5.97 Å². The Bertz CT molecular complexity index is 293. The third kappa shape index (κ3) is 7.66. The topological polar surface area (TPSA) is 64.1 Å². The molecule has 0 spiro atoms. The Labute approximate surface area is 116 Å². The zero-order chi connectivity index (χ0) is 15.0. The summed E-state index contributed by atoms with van der Waals surface area (Å²) < 4.78 is 0. The summed E-state index contributed by atoms with van der Waals surface area (Å²) in [7, 11) is 5.70. The van der Waals surface area contributed by atoms with Gasteiger partial charge in [-0.05, 0) is 34.4 Å². The van der Waals surface area contributed by atoms with E-state index in [0.29, 0.717) is 19.5 Å². The molecule has 0 fully saturated rings. The quantitative estimate of drug-likeness (QED) is 0.721. The summed E-state index contributed by atoms with van der Waals surface area (Å²) in [6.07, 6.45) is 0.582. The van der Waals surface area contributed by atoms with Crippen molar-refractivity contribution in [3.8, 4) is 0 Å². The highest BCUT2D eigenvalue weighted by Gasteiger charge is 2.20. The van der Waals surface area contributed by atoms with Crippen LogP contribution in [0.15, 0.2) is 0 Å². The molecule has 1 N–H and O–H groups in total. The van der Waals surface area contributed by atoms with Crippen LogP contribution in [-0.4, -0.2) is 78.6 Å². The van der Waals surface area contributed by atoms with Gasteiger partial charge in [-0.1, -0.05) is 0 Å². The second-order valence-corrected chi connectivity index (χ2v) is 5.29. The highest BCUT2D eigenvalue weighted by atomic mass is 16.4. The first-order chi connectivity index (χ1) is 8.75. The van der Waals surface area contributed by atoms with Crippen LogP contribution in [0.3, 0.4) is 0 Å². The normalized spacial score (nSPS) is 10.9. The highest BCUT2D eigenvalue weighted by Crippen LogP contribution is 2.06. The first-order valence-corrected chi connectivity index (χ1v) is 6.64. The lowest BCUT2D eigenvalue weighted by Crippen LogP contribution is -2.47. The lowest BCUT2D eigenvalue weighted by atomic mass is 10.2. The number of carboxylic acids is 1. The molecule has 0 unspecified atom stereocenters. The molecule has 0 atom stereocenters. The van der Waals surface area contributed by atoms with Gasteiger partial charge in [-0.2, -0.15) is 0 Å². The van der Waals surface area contributed by atoms with E-state index in [1.807, 2.05) is 32.8 Å². The van der Waals surface area contributed by atoms with Crippen molar-refractivity contribution in [2.45, 2.75) is 32.7 Å². The van der Waals surface area contributed by atoms with Gasteiger partial charge >= 0.3 is 12.0 Å². The second-order valence-electron chi connectivity index (χ2n) is 5.29. The lowest BCUT2D eigenvalue weighted by molar-refractivity contribution is -0.137. The number of hydrogen-bond acceptors (Lipinski definition) is 3. The van der Waals surface area contributed by atoms with E-state index in [0.717, 1.165) is 6.54 Å². The van der Waals surface area contributed by atoms with Crippen LogP contribution in [-0.2, 0) is 4.79 Å². The van der Waals surface area contributed by atoms with Gasteiger partial charge in [0.1, 0.15) is 0 Å². The number of amides is 2. The van der Waals surface area contributed by atoms with Gasteiger partial charge in [0.15, 0.2) is 0 Å². The average Bonchev–Trinajstić information content (AvgIpc) is 2.29. The number of likely N-dealkylation sites (N-methyl/N-ethyl adjacent to an activating group) is 2. The molecule has 0 aromatic heterocycles. The van der Waals surface area contributed by atoms with Crippen LogP contribution in [0.25, 0.3) is 0 Å². The van der Waals surface area contributed by atoms with Crippen molar-refractivity contribution in [3.05, 3.63) is 0 Å². The fraction of sp³-hybridized carbons (Fsp3) is 0.846. The van der Waals surface area contributed by atoms with Crippen LogP contribution in [0.1, 0.15) is 26.7 Å². The molecular weight excluding hydrogens is 246 g/mol. The van der Waals surface area contributed by atoms with E-state index in [2.05, 4.69) is 0 Å². The summed E-state index contributed by atoms with van der Waals surface area (Å²) in [6, 6.07) is 0.0327. The van der Waals surface area contributed by atoms with Crippen molar-refractivity contribution in [2.75, 3.05) is 40.8 Å². The minimum Gasteiger partial charge on any atom is -0.481 e. The van der Waals surface area contributed by atoms with Crippen LogP contribution in [0, 0.1) is 0 Å². The smallest absolute Gasteiger partial charge is 0.320 e. The van der Waals surface area contributed by atoms with Crippen molar-refractivity contribution < 1.29 is 14.7 Å². The van der Waals surface area contributed by atoms with Gasteiger partial charge in [0.2, 0.25) is 0 Å². The van der Waals surface area contributed by atoms with E-state index in [1.54, 1.807) is 16.8 Å². The maximum Gasteiger partial charge on any atom is 0.320 e. The first kappa shape index (κ1) is 17.7. The molecule has 19 heavy (non-hydrogen) atoms. The molecule has 0 saturated carbocycles. The summed E-state index contributed by atoms with van der Waals surface area (Å²) >= 11 is 0. The number of carbonyl (C=O) groups excluding carboxylic acids is 1. The summed E-state index contributed by atoms with van der Waals surface area (Å²) in [5.74, 6) is -0.822. The Balaban J connectivity index is 4.35. The number of carboxylic acid groups (broad SMARTS) is 1. The van der Waals surface area contributed by atoms with E-state index >= 15 is 0 Å². The van der Waals surface area contributed by atoms with E-state index in [1.165, 1.54) is 0 Å². The van der Waals surface area contributed by atoms with Crippen LogP contribution < -0.4 is 0 Å². The third-order valence-electron chi connectivity index (χ3n) is 2.87. The molecule has 0 aliphatic heterocycles. The van der Waals surface area contributed by atoms with E-state index in [-0.39, 0.29) is 18.5 Å². The molecule has 0 aromatic rings. The van der Waals surface area contributed by atoms with Crippen LogP contribution in [0.4, 0.5) is 4.79 Å². The van der Waals surface area contributed by atoms with Gasteiger partial charge in [-0.15, -0.1) is 0 Å². The standard InChI is InChI=1S/C13H27N3O3/c1-11(2)16(8-6-7-12(17)18)13(19)15(5)10-9-14(3)4/h11H,6-10H2,1-5H3,(H,17,18). The van der Waals surface area contributed by atoms with Crippen LogP contribution in [0.5, 0.6) is 0 Å². The van der Waals surface area contributed by atoms with Gasteiger partial charge in [-0.25, -0.2) is 4.79 Å². The Morgan fingerprint density at radius 1 is 1.05 bits per heavy atom. The molecule has 6 nitrogen and oxygen atoms in total. The molecule has 6 heteroatoms. The number of nitrogens with zero attached hydrogens (tertiary/aromatic N) is 3. The van der Waals surface area contributed by atoms with Crippen molar-refractivity contribution in [3.63, 3.8) is 0 Å². The van der Waals surface area contributed by atoms with E-state index in [9.17, 15) is 9.59 Å². The summed E-state index contributed by atoms with van der Waals surface area (Å²) in [4.78, 5) is 28.2. The predicted molar refractivity (Wildman–Crippen MR) is 75.3 cm³/mol. The molecule has 0 aliphatic carbocycles. The molecule has 0 bridgehead atoms. The van der Waals surface area contributed by atoms with Crippen molar-refractivity contribution in [1.82, 2.24) is 14.7 Å². The minimum absolute atomic E-state index is 0.0396.